The van der Waals surface area contributed by atoms with Crippen LogP contribution in [0.25, 0.3) is 0 Å². The van der Waals surface area contributed by atoms with E-state index < -0.39 is 17.9 Å². The second kappa shape index (κ2) is 15.0. The zero-order valence-electron chi connectivity index (χ0n) is 17.6. The van der Waals surface area contributed by atoms with Gasteiger partial charge in [0.1, 0.15) is 0 Å². The third-order valence-corrected chi connectivity index (χ3v) is 5.40. The van der Waals surface area contributed by atoms with Crippen LogP contribution < -0.4 is 10.6 Å². The SMILES string of the molecule is CCCCCNC(=O)C(C(=O)NCCCCC)N(Br)C(=O)CCc1ccccc1. The van der Waals surface area contributed by atoms with Gasteiger partial charge in [0.15, 0.2) is 6.04 Å². The summed E-state index contributed by atoms with van der Waals surface area (Å²) < 4.78 is 1.10. The zero-order chi connectivity index (χ0) is 21.5. The van der Waals surface area contributed by atoms with Crippen molar-refractivity contribution in [1.29, 1.82) is 0 Å². The number of rotatable bonds is 14. The maximum atomic E-state index is 12.7. The molecule has 2 N–H and O–H groups in total. The molecule has 0 saturated carbocycles. The monoisotopic (exact) mass is 467 g/mol. The Morgan fingerprint density at radius 2 is 1.41 bits per heavy atom. The lowest BCUT2D eigenvalue weighted by Crippen LogP contribution is -2.54. The Kier molecular flexibility index (Phi) is 13.0. The summed E-state index contributed by atoms with van der Waals surface area (Å²) in [6.07, 6.45) is 6.53. The average Bonchev–Trinajstić information content (AvgIpc) is 2.73. The van der Waals surface area contributed by atoms with Crippen molar-refractivity contribution in [3.05, 3.63) is 35.9 Å². The molecule has 1 aromatic rings. The number of carbonyl (C=O) groups is 3. The highest BCUT2D eigenvalue weighted by Gasteiger charge is 2.34. The molecule has 0 aliphatic heterocycles. The van der Waals surface area contributed by atoms with Gasteiger partial charge in [0.25, 0.3) is 11.8 Å². The van der Waals surface area contributed by atoms with E-state index in [1.54, 1.807) is 0 Å². The van der Waals surface area contributed by atoms with Crippen LogP contribution in [-0.2, 0) is 20.8 Å². The zero-order valence-corrected chi connectivity index (χ0v) is 19.2. The van der Waals surface area contributed by atoms with Crippen molar-refractivity contribution in [3.8, 4) is 0 Å². The molecule has 0 saturated heterocycles. The van der Waals surface area contributed by atoms with Crippen LogP contribution in [0.2, 0.25) is 0 Å². The van der Waals surface area contributed by atoms with E-state index in [1.807, 2.05) is 30.3 Å². The summed E-state index contributed by atoms with van der Waals surface area (Å²) in [5.74, 6) is -1.22. The number of hydrogen-bond acceptors (Lipinski definition) is 3. The van der Waals surface area contributed by atoms with Crippen molar-refractivity contribution in [3.63, 3.8) is 0 Å². The fourth-order valence-electron chi connectivity index (χ4n) is 2.84. The Labute approximate surface area is 183 Å². The fourth-order valence-corrected chi connectivity index (χ4v) is 3.39. The van der Waals surface area contributed by atoms with Gasteiger partial charge in [-0.3, -0.25) is 18.3 Å². The number of hydrogen-bond donors (Lipinski definition) is 2. The van der Waals surface area contributed by atoms with E-state index in [9.17, 15) is 14.4 Å². The quantitative estimate of drug-likeness (QED) is 0.248. The Balaban J connectivity index is 2.71. The lowest BCUT2D eigenvalue weighted by atomic mass is 10.1. The van der Waals surface area contributed by atoms with Crippen LogP contribution >= 0.6 is 16.1 Å². The van der Waals surface area contributed by atoms with Gasteiger partial charge in [0.2, 0.25) is 5.91 Å². The summed E-state index contributed by atoms with van der Waals surface area (Å²) in [5.41, 5.74) is 1.03. The molecule has 29 heavy (non-hydrogen) atoms. The van der Waals surface area contributed by atoms with Gasteiger partial charge in [-0.25, -0.2) is 0 Å². The fraction of sp³-hybridized carbons (Fsp3) is 0.591. The number of unbranched alkanes of at least 4 members (excludes halogenated alkanes) is 4. The summed E-state index contributed by atoms with van der Waals surface area (Å²) in [6, 6.07) is 8.43. The number of nitrogens with zero attached hydrogens (tertiary/aromatic N) is 1. The molecule has 0 aliphatic carbocycles. The molecule has 0 bridgehead atoms. The molecule has 0 fully saturated rings. The predicted molar refractivity (Wildman–Crippen MR) is 119 cm³/mol. The third-order valence-electron chi connectivity index (χ3n) is 4.59. The molecule has 0 radical (unpaired) electrons. The molecule has 162 valence electrons. The van der Waals surface area contributed by atoms with Gasteiger partial charge in [-0.2, -0.15) is 0 Å². The minimum Gasteiger partial charge on any atom is -0.354 e. The average molecular weight is 468 g/mol. The van der Waals surface area contributed by atoms with Crippen molar-refractivity contribution in [2.45, 2.75) is 71.3 Å². The molecule has 6 nitrogen and oxygen atoms in total. The first-order chi connectivity index (χ1) is 14.0. The van der Waals surface area contributed by atoms with Crippen LogP contribution in [0, 0.1) is 0 Å². The van der Waals surface area contributed by atoms with Crippen LogP contribution in [0.15, 0.2) is 30.3 Å². The predicted octanol–water partition coefficient (Wildman–Crippen LogP) is 3.74. The first-order valence-corrected chi connectivity index (χ1v) is 11.3. The van der Waals surface area contributed by atoms with E-state index in [4.69, 9.17) is 0 Å². The highest BCUT2D eigenvalue weighted by molar-refractivity contribution is 9.07. The molecule has 0 unspecified atom stereocenters. The Hall–Kier alpha value is -1.89. The smallest absolute Gasteiger partial charge is 0.253 e. The Bertz CT molecular complexity index is 601. The van der Waals surface area contributed by atoms with Crippen molar-refractivity contribution in [1.82, 2.24) is 14.6 Å². The molecule has 3 amide bonds. The summed E-state index contributed by atoms with van der Waals surface area (Å²) in [5, 5.41) is 5.57. The van der Waals surface area contributed by atoms with Gasteiger partial charge in [-0.15, -0.1) is 0 Å². The van der Waals surface area contributed by atoms with Gasteiger partial charge in [-0.05, 0) is 24.8 Å². The van der Waals surface area contributed by atoms with Crippen molar-refractivity contribution < 1.29 is 14.4 Å². The number of aryl methyl sites for hydroxylation is 1. The molecule has 1 aromatic carbocycles. The summed E-state index contributed by atoms with van der Waals surface area (Å²) >= 11 is 3.19. The Morgan fingerprint density at radius 3 is 1.90 bits per heavy atom. The highest BCUT2D eigenvalue weighted by Crippen LogP contribution is 2.13. The van der Waals surface area contributed by atoms with Crippen LogP contribution in [0.5, 0.6) is 0 Å². The first kappa shape index (κ1) is 25.1. The maximum absolute atomic E-state index is 12.7. The second-order valence-corrected chi connectivity index (χ2v) is 7.85. The van der Waals surface area contributed by atoms with Crippen LogP contribution in [0.4, 0.5) is 0 Å². The Morgan fingerprint density at radius 1 is 0.897 bits per heavy atom. The van der Waals surface area contributed by atoms with Crippen molar-refractivity contribution >= 4 is 33.9 Å². The van der Waals surface area contributed by atoms with Crippen LogP contribution in [0.3, 0.4) is 0 Å². The van der Waals surface area contributed by atoms with E-state index in [0.29, 0.717) is 19.5 Å². The topological polar surface area (TPSA) is 78.5 Å². The lowest BCUT2D eigenvalue weighted by molar-refractivity contribution is -0.141. The number of halogens is 1. The minimum absolute atomic E-state index is 0.206. The standard InChI is InChI=1S/C22H34BrN3O3/c1-3-5-10-16-24-21(28)20(22(29)25-17-11-6-4-2)26(23)19(27)15-14-18-12-8-7-9-13-18/h7-9,12-13,20H,3-6,10-11,14-17H2,1-2H3,(H,24,28)(H,25,29). The molecule has 0 aliphatic rings. The minimum atomic E-state index is -1.22. The number of benzene rings is 1. The lowest BCUT2D eigenvalue weighted by Gasteiger charge is -2.24. The van der Waals surface area contributed by atoms with Crippen LogP contribution in [0.1, 0.15) is 64.4 Å². The molecule has 7 heteroatoms. The number of amides is 3. The van der Waals surface area contributed by atoms with E-state index in [2.05, 4.69) is 40.6 Å². The van der Waals surface area contributed by atoms with Crippen molar-refractivity contribution in [2.75, 3.05) is 13.1 Å². The van der Waals surface area contributed by atoms with Crippen LogP contribution in [-0.4, -0.2) is 40.8 Å². The van der Waals surface area contributed by atoms with Gasteiger partial charge in [0.05, 0.1) is 16.1 Å². The van der Waals surface area contributed by atoms with Gasteiger partial charge >= 0.3 is 0 Å². The van der Waals surface area contributed by atoms with Gasteiger partial charge in [0, 0.05) is 19.5 Å². The summed E-state index contributed by atoms with van der Waals surface area (Å²) in [4.78, 5) is 38.0. The molecule has 0 atom stereocenters. The molecule has 0 heterocycles. The highest BCUT2D eigenvalue weighted by atomic mass is 79.9. The van der Waals surface area contributed by atoms with E-state index in [-0.39, 0.29) is 12.3 Å². The van der Waals surface area contributed by atoms with Crippen molar-refractivity contribution in [2.24, 2.45) is 0 Å². The molecule has 1 rings (SSSR count). The summed E-state index contributed by atoms with van der Waals surface area (Å²) in [7, 11) is 0. The summed E-state index contributed by atoms with van der Waals surface area (Å²) in [6.45, 7) is 5.15. The number of carbonyl (C=O) groups excluding carboxylic acids is 3. The van der Waals surface area contributed by atoms with E-state index in [1.165, 1.54) is 0 Å². The molecular formula is C22H34BrN3O3. The molecule has 0 aromatic heterocycles. The molecular weight excluding hydrogens is 434 g/mol. The van der Waals surface area contributed by atoms with Gasteiger partial charge < -0.3 is 10.6 Å². The van der Waals surface area contributed by atoms with Gasteiger partial charge in [-0.1, -0.05) is 69.9 Å². The largest absolute Gasteiger partial charge is 0.354 e. The second-order valence-electron chi connectivity index (χ2n) is 7.09. The van der Waals surface area contributed by atoms with E-state index in [0.717, 1.165) is 48.0 Å². The van der Waals surface area contributed by atoms with E-state index >= 15 is 0 Å². The molecule has 0 spiro atoms. The first-order valence-electron chi connectivity index (χ1n) is 10.6. The third kappa shape index (κ3) is 9.92. The number of nitrogens with one attached hydrogen (secondary N) is 2. The normalized spacial score (nSPS) is 10.6. The maximum Gasteiger partial charge on any atom is 0.253 e.